The van der Waals surface area contributed by atoms with Crippen molar-refractivity contribution in [2.45, 2.75) is 40.2 Å². The fraction of sp³-hybridized carbons (Fsp3) is 0.250. The largest absolute Gasteiger partial charge is 0.285 e. The molecule has 0 unspecified atom stereocenters. The fourth-order valence-electron chi connectivity index (χ4n) is 2.24. The van der Waals surface area contributed by atoms with Gasteiger partial charge in [-0.2, -0.15) is 0 Å². The molecule has 0 radical (unpaired) electrons. The topological polar surface area (TPSA) is 24.7 Å². The van der Waals surface area contributed by atoms with E-state index in [1.165, 1.54) is 6.08 Å². The highest BCUT2D eigenvalue weighted by atomic mass is 19.1. The summed E-state index contributed by atoms with van der Waals surface area (Å²) in [6.07, 6.45) is 18.5. The molecule has 0 aliphatic carbocycles. The lowest BCUT2D eigenvalue weighted by molar-refractivity contribution is 0.656. The molecule has 0 aliphatic rings. The molecule has 0 heterocycles. The van der Waals surface area contributed by atoms with Crippen LogP contribution in [-0.4, -0.2) is 18.0 Å². The molecule has 0 bridgehead atoms. The highest BCUT2D eigenvalue weighted by molar-refractivity contribution is 6.12. The summed E-state index contributed by atoms with van der Waals surface area (Å²) in [6.45, 7) is 18.8. The Morgan fingerprint density at radius 3 is 2.26 bits per heavy atom. The van der Waals surface area contributed by atoms with Crippen LogP contribution in [0.1, 0.15) is 34.1 Å². The number of halogens is 1. The Balaban J connectivity index is 6.58. The molecule has 27 heavy (non-hydrogen) atoms. The van der Waals surface area contributed by atoms with Crippen molar-refractivity contribution in [1.82, 2.24) is 0 Å². The number of allylic oxidation sites excluding steroid dienone is 10. The standard InChI is InChI=1S/C24H31FN2/c1-8-13-14-15-17-27-22(11-4)21(18-19(6)10-3)24(20(7)25)23(12-5)26-16-9-2/h8-10,12-18,22H,3,5,7,11H2,1-2,4,6H3/b13-8+,15-14-,16-9-,19-18-,24-21-,26-23-,27-17?/t22-/m1/s1. The second-order valence-electron chi connectivity index (χ2n) is 5.66. The maximum Gasteiger partial charge on any atom is 0.125 e. The highest BCUT2D eigenvalue weighted by Crippen LogP contribution is 2.26. The van der Waals surface area contributed by atoms with E-state index in [1.54, 1.807) is 24.6 Å². The molecule has 0 aromatic rings. The van der Waals surface area contributed by atoms with E-state index in [0.717, 1.165) is 5.57 Å². The minimum absolute atomic E-state index is 0.256. The van der Waals surface area contributed by atoms with Gasteiger partial charge in [0.2, 0.25) is 0 Å². The van der Waals surface area contributed by atoms with Crippen molar-refractivity contribution < 1.29 is 4.39 Å². The lowest BCUT2D eigenvalue weighted by atomic mass is 9.93. The summed E-state index contributed by atoms with van der Waals surface area (Å²) < 4.78 is 14.5. The summed E-state index contributed by atoms with van der Waals surface area (Å²) in [7, 11) is 0. The van der Waals surface area contributed by atoms with Crippen molar-refractivity contribution in [3.8, 4) is 0 Å². The molecule has 1 atom stereocenters. The quantitative estimate of drug-likeness (QED) is 0.277. The third kappa shape index (κ3) is 8.91. The summed E-state index contributed by atoms with van der Waals surface area (Å²) in [6, 6.07) is -0.256. The summed E-state index contributed by atoms with van der Waals surface area (Å²) >= 11 is 0. The summed E-state index contributed by atoms with van der Waals surface area (Å²) in [4.78, 5) is 8.91. The average Bonchev–Trinajstić information content (AvgIpc) is 2.66. The molecule has 0 aliphatic heterocycles. The Hall–Kier alpha value is -2.81. The predicted octanol–water partition coefficient (Wildman–Crippen LogP) is 7.04. The van der Waals surface area contributed by atoms with Gasteiger partial charge in [0, 0.05) is 18.0 Å². The first-order chi connectivity index (χ1) is 13.0. The second kappa shape index (κ2) is 14.4. The molecule has 0 aromatic heterocycles. The molecule has 0 rings (SSSR count). The fourth-order valence-corrected chi connectivity index (χ4v) is 2.24. The van der Waals surface area contributed by atoms with Gasteiger partial charge in [-0.25, -0.2) is 4.39 Å². The lowest BCUT2D eigenvalue weighted by Crippen LogP contribution is -2.14. The third-order valence-corrected chi connectivity index (χ3v) is 3.59. The van der Waals surface area contributed by atoms with E-state index in [1.807, 2.05) is 58.1 Å². The van der Waals surface area contributed by atoms with Gasteiger partial charge in [0.15, 0.2) is 0 Å². The van der Waals surface area contributed by atoms with Crippen LogP contribution in [0.3, 0.4) is 0 Å². The second-order valence-corrected chi connectivity index (χ2v) is 5.66. The zero-order chi connectivity index (χ0) is 20.7. The maximum atomic E-state index is 14.5. The zero-order valence-corrected chi connectivity index (χ0v) is 17.0. The highest BCUT2D eigenvalue weighted by Gasteiger charge is 2.19. The monoisotopic (exact) mass is 366 g/mol. The number of hydrogen-bond acceptors (Lipinski definition) is 2. The average molecular weight is 367 g/mol. The molecule has 0 saturated carbocycles. The number of hydrogen-bond donors (Lipinski definition) is 0. The van der Waals surface area contributed by atoms with Crippen LogP contribution in [0.5, 0.6) is 0 Å². The van der Waals surface area contributed by atoms with Crippen LogP contribution in [0, 0.1) is 0 Å². The molecule has 3 heteroatoms. The first kappa shape index (κ1) is 24.2. The van der Waals surface area contributed by atoms with Crippen molar-refractivity contribution in [1.29, 1.82) is 0 Å². The maximum absolute atomic E-state index is 14.5. The van der Waals surface area contributed by atoms with Gasteiger partial charge in [-0.05, 0) is 44.9 Å². The molecule has 0 aromatic carbocycles. The van der Waals surface area contributed by atoms with Crippen LogP contribution in [0.2, 0.25) is 0 Å². The molecule has 0 N–H and O–H groups in total. The van der Waals surface area contributed by atoms with Crippen molar-refractivity contribution in [2.24, 2.45) is 9.98 Å². The number of aliphatic imine (C=N–C) groups is 2. The van der Waals surface area contributed by atoms with E-state index in [4.69, 9.17) is 0 Å². The van der Waals surface area contributed by atoms with Crippen molar-refractivity contribution >= 4 is 11.9 Å². The lowest BCUT2D eigenvalue weighted by Gasteiger charge is -2.18. The Morgan fingerprint density at radius 1 is 1.07 bits per heavy atom. The summed E-state index contributed by atoms with van der Waals surface area (Å²) in [5, 5.41) is 0. The van der Waals surface area contributed by atoms with E-state index in [-0.39, 0.29) is 6.04 Å². The van der Waals surface area contributed by atoms with Crippen LogP contribution < -0.4 is 0 Å². The van der Waals surface area contributed by atoms with E-state index < -0.39 is 5.83 Å². The SMILES string of the molecule is C=C\C(C)=C/C(=C(C(=C)F)/C(C=C)=N\C=C/C)[C@@H](CC)N=C/C=C\C=C\C. The van der Waals surface area contributed by atoms with Gasteiger partial charge in [0.25, 0.3) is 0 Å². The zero-order valence-electron chi connectivity index (χ0n) is 17.0. The molecule has 0 spiro atoms. The van der Waals surface area contributed by atoms with E-state index in [9.17, 15) is 4.39 Å². The van der Waals surface area contributed by atoms with Gasteiger partial charge in [-0.3, -0.25) is 9.98 Å². The van der Waals surface area contributed by atoms with Crippen LogP contribution in [0.15, 0.2) is 107 Å². The van der Waals surface area contributed by atoms with Gasteiger partial charge < -0.3 is 0 Å². The third-order valence-electron chi connectivity index (χ3n) is 3.59. The number of rotatable bonds is 11. The van der Waals surface area contributed by atoms with Crippen molar-refractivity contribution in [3.63, 3.8) is 0 Å². The first-order valence-electron chi connectivity index (χ1n) is 8.99. The number of nitrogens with zero attached hydrogens (tertiary/aromatic N) is 2. The smallest absolute Gasteiger partial charge is 0.125 e. The van der Waals surface area contributed by atoms with Gasteiger partial charge in [0.1, 0.15) is 5.83 Å². The van der Waals surface area contributed by atoms with Crippen LogP contribution >= 0.6 is 0 Å². The molecular formula is C24H31FN2. The minimum atomic E-state index is -0.570. The molecule has 2 nitrogen and oxygen atoms in total. The molecular weight excluding hydrogens is 335 g/mol. The van der Waals surface area contributed by atoms with Crippen LogP contribution in [-0.2, 0) is 0 Å². The van der Waals surface area contributed by atoms with Crippen molar-refractivity contribution in [3.05, 3.63) is 97.1 Å². The van der Waals surface area contributed by atoms with E-state index >= 15 is 0 Å². The predicted molar refractivity (Wildman–Crippen MR) is 120 cm³/mol. The Morgan fingerprint density at radius 2 is 1.78 bits per heavy atom. The van der Waals surface area contributed by atoms with Gasteiger partial charge in [-0.1, -0.05) is 68.7 Å². The van der Waals surface area contributed by atoms with Gasteiger partial charge in [0.05, 0.1) is 11.8 Å². The molecule has 0 saturated heterocycles. The summed E-state index contributed by atoms with van der Waals surface area (Å²) in [5.41, 5.74) is 2.32. The van der Waals surface area contributed by atoms with E-state index in [2.05, 4.69) is 29.7 Å². The Bertz CT molecular complexity index is 725. The van der Waals surface area contributed by atoms with Gasteiger partial charge >= 0.3 is 0 Å². The minimum Gasteiger partial charge on any atom is -0.285 e. The molecule has 0 amide bonds. The van der Waals surface area contributed by atoms with Crippen LogP contribution in [0.25, 0.3) is 0 Å². The van der Waals surface area contributed by atoms with Crippen LogP contribution in [0.4, 0.5) is 4.39 Å². The van der Waals surface area contributed by atoms with Crippen molar-refractivity contribution in [2.75, 3.05) is 0 Å². The van der Waals surface area contributed by atoms with Gasteiger partial charge in [-0.15, -0.1) is 0 Å². The van der Waals surface area contributed by atoms with E-state index in [0.29, 0.717) is 23.3 Å². The summed E-state index contributed by atoms with van der Waals surface area (Å²) in [5.74, 6) is -0.570. The molecule has 0 fully saturated rings. The Labute approximate surface area is 164 Å². The normalized spacial score (nSPS) is 15.7. The Kier molecular flexibility index (Phi) is 12.9. The molecule has 144 valence electrons. The first-order valence-corrected chi connectivity index (χ1v) is 8.99.